The second-order valence-electron chi connectivity index (χ2n) is 5.69. The molecule has 2 aromatic carbocycles. The van der Waals surface area contributed by atoms with Gasteiger partial charge in [0.25, 0.3) is 0 Å². The second kappa shape index (κ2) is 6.01. The van der Waals surface area contributed by atoms with Crippen LogP contribution in [-0.4, -0.2) is 29.3 Å². The molecular formula is C18H16O7. The van der Waals surface area contributed by atoms with Gasteiger partial charge in [0.05, 0.1) is 7.11 Å². The molecule has 2 aromatic rings. The fraction of sp³-hybridized carbons (Fsp3) is 0.222. The van der Waals surface area contributed by atoms with E-state index in [2.05, 4.69) is 0 Å². The number of aryl methyl sites for hydroxylation is 1. The molecule has 0 fully saturated rings. The Balaban J connectivity index is 1.98. The number of aromatic hydroxyl groups is 2. The molecule has 0 amide bonds. The predicted molar refractivity (Wildman–Crippen MR) is 86.3 cm³/mol. The quantitative estimate of drug-likeness (QED) is 0.652. The van der Waals surface area contributed by atoms with E-state index in [1.165, 1.54) is 26.2 Å². The third-order valence-electron chi connectivity index (χ3n) is 4.08. The fourth-order valence-electron chi connectivity index (χ4n) is 2.73. The molecule has 0 unspecified atom stereocenters. The normalized spacial score (nSPS) is 12.5. The summed E-state index contributed by atoms with van der Waals surface area (Å²) in [5.41, 5.74) is 1.22. The molecule has 0 aromatic heterocycles. The van der Waals surface area contributed by atoms with E-state index in [-0.39, 0.29) is 40.5 Å². The Kier molecular flexibility index (Phi) is 4.00. The van der Waals surface area contributed by atoms with Crippen molar-refractivity contribution in [2.45, 2.75) is 20.5 Å². The molecule has 1 aliphatic heterocycles. The van der Waals surface area contributed by atoms with Crippen LogP contribution in [0.4, 0.5) is 0 Å². The van der Waals surface area contributed by atoms with Crippen LogP contribution in [0.25, 0.3) is 0 Å². The highest BCUT2D eigenvalue weighted by Gasteiger charge is 2.29. The molecule has 25 heavy (non-hydrogen) atoms. The van der Waals surface area contributed by atoms with Gasteiger partial charge in [0.15, 0.2) is 0 Å². The molecule has 0 saturated carbocycles. The summed E-state index contributed by atoms with van der Waals surface area (Å²) in [5, 5.41) is 20.2. The minimum Gasteiger partial charge on any atom is -0.507 e. The number of carbonyl (C=O) groups is 2. The number of phenols is 2. The van der Waals surface area contributed by atoms with Gasteiger partial charge in [-0.15, -0.1) is 0 Å². The minimum absolute atomic E-state index is 0.000624. The van der Waals surface area contributed by atoms with Gasteiger partial charge in [-0.1, -0.05) is 0 Å². The van der Waals surface area contributed by atoms with E-state index in [0.717, 1.165) is 0 Å². The molecule has 0 radical (unpaired) electrons. The van der Waals surface area contributed by atoms with Crippen molar-refractivity contribution >= 4 is 11.9 Å². The van der Waals surface area contributed by atoms with Crippen LogP contribution in [0.2, 0.25) is 0 Å². The summed E-state index contributed by atoms with van der Waals surface area (Å²) in [6.45, 7) is 3.16. The van der Waals surface area contributed by atoms with Crippen molar-refractivity contribution in [1.82, 2.24) is 0 Å². The number of ether oxygens (including phenoxy) is 3. The Labute approximate surface area is 143 Å². The van der Waals surface area contributed by atoms with Gasteiger partial charge in [-0.05, 0) is 31.5 Å². The molecule has 7 nitrogen and oxygen atoms in total. The third-order valence-corrected chi connectivity index (χ3v) is 4.08. The van der Waals surface area contributed by atoms with Crippen LogP contribution in [0.3, 0.4) is 0 Å². The summed E-state index contributed by atoms with van der Waals surface area (Å²) in [5.74, 6) is -1.45. The van der Waals surface area contributed by atoms with Crippen LogP contribution in [0.15, 0.2) is 18.2 Å². The lowest BCUT2D eigenvalue weighted by Crippen LogP contribution is -2.12. The number of benzene rings is 2. The van der Waals surface area contributed by atoms with Gasteiger partial charge >= 0.3 is 11.9 Å². The number of esters is 2. The summed E-state index contributed by atoms with van der Waals surface area (Å²) < 4.78 is 15.2. The van der Waals surface area contributed by atoms with E-state index >= 15 is 0 Å². The lowest BCUT2D eigenvalue weighted by Gasteiger charge is -2.13. The van der Waals surface area contributed by atoms with Crippen molar-refractivity contribution in [3.05, 3.63) is 46.0 Å². The zero-order valence-corrected chi connectivity index (χ0v) is 13.9. The fourth-order valence-corrected chi connectivity index (χ4v) is 2.73. The summed E-state index contributed by atoms with van der Waals surface area (Å²) in [6.07, 6.45) is 0. The van der Waals surface area contributed by atoms with Gasteiger partial charge in [0.2, 0.25) is 0 Å². The summed E-state index contributed by atoms with van der Waals surface area (Å²) in [6, 6.07) is 4.38. The maximum atomic E-state index is 12.5. The molecule has 2 N–H and O–H groups in total. The monoisotopic (exact) mass is 344 g/mol. The average molecular weight is 344 g/mol. The molecule has 3 rings (SSSR count). The topological polar surface area (TPSA) is 102 Å². The van der Waals surface area contributed by atoms with E-state index in [9.17, 15) is 19.8 Å². The van der Waals surface area contributed by atoms with Crippen molar-refractivity contribution < 1.29 is 34.0 Å². The molecule has 0 spiro atoms. The first-order valence-electron chi connectivity index (χ1n) is 7.45. The number of methoxy groups -OCH3 is 1. The number of hydrogen-bond donors (Lipinski definition) is 2. The number of phenolic OH excluding ortho intramolecular Hbond substituents is 2. The van der Waals surface area contributed by atoms with Crippen LogP contribution >= 0.6 is 0 Å². The zero-order valence-electron chi connectivity index (χ0n) is 13.9. The standard InChI is InChI=1S/C18H16O7/c1-8-4-11(23-3)6-12(19)14(8)18(22)25-13-5-10-7-24-17(21)15(10)16(20)9(13)2/h4-6,19-20H,7H2,1-3H3. The van der Waals surface area contributed by atoms with Crippen molar-refractivity contribution in [2.75, 3.05) is 7.11 Å². The third kappa shape index (κ3) is 2.73. The number of cyclic esters (lactones) is 1. The molecular weight excluding hydrogens is 328 g/mol. The molecule has 0 saturated heterocycles. The molecule has 0 aliphatic carbocycles. The van der Waals surface area contributed by atoms with Crippen LogP contribution in [-0.2, 0) is 11.3 Å². The van der Waals surface area contributed by atoms with Crippen molar-refractivity contribution in [3.63, 3.8) is 0 Å². The van der Waals surface area contributed by atoms with Gasteiger partial charge < -0.3 is 24.4 Å². The average Bonchev–Trinajstić information content (AvgIpc) is 2.92. The number of hydrogen-bond acceptors (Lipinski definition) is 7. The Bertz CT molecular complexity index is 876. The van der Waals surface area contributed by atoms with Crippen molar-refractivity contribution in [3.8, 4) is 23.0 Å². The van der Waals surface area contributed by atoms with Crippen molar-refractivity contribution in [2.24, 2.45) is 0 Å². The summed E-state index contributed by atoms with van der Waals surface area (Å²) in [7, 11) is 1.45. The molecule has 130 valence electrons. The maximum Gasteiger partial charge on any atom is 0.347 e. The first-order chi connectivity index (χ1) is 11.8. The lowest BCUT2D eigenvalue weighted by atomic mass is 10.0. The maximum absolute atomic E-state index is 12.5. The van der Waals surface area contributed by atoms with Crippen LogP contribution < -0.4 is 9.47 Å². The molecule has 1 aliphatic rings. The van der Waals surface area contributed by atoms with E-state index in [0.29, 0.717) is 16.9 Å². The smallest absolute Gasteiger partial charge is 0.347 e. The molecule has 7 heteroatoms. The van der Waals surface area contributed by atoms with E-state index < -0.39 is 11.9 Å². The van der Waals surface area contributed by atoms with Gasteiger partial charge in [0.1, 0.15) is 40.7 Å². The first-order valence-corrected chi connectivity index (χ1v) is 7.45. The second-order valence-corrected chi connectivity index (χ2v) is 5.69. The van der Waals surface area contributed by atoms with Crippen LogP contribution in [0, 0.1) is 13.8 Å². The largest absolute Gasteiger partial charge is 0.507 e. The lowest BCUT2D eigenvalue weighted by molar-refractivity contribution is 0.0532. The van der Waals surface area contributed by atoms with Gasteiger partial charge in [-0.3, -0.25) is 0 Å². The van der Waals surface area contributed by atoms with Gasteiger partial charge in [-0.2, -0.15) is 0 Å². The Hall–Kier alpha value is -3.22. The Morgan fingerprint density at radius 2 is 1.92 bits per heavy atom. The first kappa shape index (κ1) is 16.6. The molecule has 1 heterocycles. The summed E-state index contributed by atoms with van der Waals surface area (Å²) >= 11 is 0. The summed E-state index contributed by atoms with van der Waals surface area (Å²) in [4.78, 5) is 24.1. The number of rotatable bonds is 3. The minimum atomic E-state index is -0.787. The highest BCUT2D eigenvalue weighted by molar-refractivity contribution is 5.98. The van der Waals surface area contributed by atoms with E-state index in [1.54, 1.807) is 13.0 Å². The SMILES string of the molecule is COc1cc(C)c(C(=O)Oc2cc3c(c(O)c2C)C(=O)OC3)c(O)c1. The van der Waals surface area contributed by atoms with Crippen LogP contribution in [0.5, 0.6) is 23.0 Å². The number of carbonyl (C=O) groups excluding carboxylic acids is 2. The molecule has 0 atom stereocenters. The van der Waals surface area contributed by atoms with Crippen LogP contribution in [0.1, 0.15) is 37.4 Å². The van der Waals surface area contributed by atoms with E-state index in [1.807, 2.05) is 0 Å². The van der Waals surface area contributed by atoms with E-state index in [4.69, 9.17) is 14.2 Å². The predicted octanol–water partition coefficient (Wildman–Crippen LogP) is 2.61. The number of fused-ring (bicyclic) bond motifs is 1. The molecule has 0 bridgehead atoms. The Morgan fingerprint density at radius 3 is 2.56 bits per heavy atom. The van der Waals surface area contributed by atoms with Gasteiger partial charge in [-0.25, -0.2) is 9.59 Å². The highest BCUT2D eigenvalue weighted by Crippen LogP contribution is 2.38. The van der Waals surface area contributed by atoms with Crippen molar-refractivity contribution in [1.29, 1.82) is 0 Å². The Morgan fingerprint density at radius 1 is 1.20 bits per heavy atom. The van der Waals surface area contributed by atoms with Gasteiger partial charge in [0, 0.05) is 17.2 Å². The highest BCUT2D eigenvalue weighted by atomic mass is 16.5. The zero-order chi connectivity index (χ0) is 18.3.